The first-order valence-corrected chi connectivity index (χ1v) is 8.01. The molecule has 114 valence electrons. The standard InChI is InChI=1S/C16H23BrN4/c1-11(2)15-12(8-19-16(3,4)5)9-20-21(15)14-7-6-13(17)10-18-14/h6-7,9-11,19H,8H2,1-5H3. The second kappa shape index (κ2) is 6.28. The van der Waals surface area contributed by atoms with Crippen molar-refractivity contribution in [2.45, 2.75) is 52.6 Å². The van der Waals surface area contributed by atoms with Crippen LogP contribution in [0.25, 0.3) is 5.82 Å². The summed E-state index contributed by atoms with van der Waals surface area (Å²) in [5.41, 5.74) is 2.53. The molecule has 1 N–H and O–H groups in total. The Morgan fingerprint density at radius 3 is 2.48 bits per heavy atom. The van der Waals surface area contributed by atoms with E-state index in [1.165, 1.54) is 11.3 Å². The van der Waals surface area contributed by atoms with Crippen LogP contribution in [0.4, 0.5) is 0 Å². The van der Waals surface area contributed by atoms with E-state index >= 15 is 0 Å². The van der Waals surface area contributed by atoms with Gasteiger partial charge in [0, 0.05) is 28.3 Å². The van der Waals surface area contributed by atoms with Crippen molar-refractivity contribution >= 4 is 15.9 Å². The molecular weight excluding hydrogens is 328 g/mol. The van der Waals surface area contributed by atoms with Gasteiger partial charge in [0.05, 0.1) is 11.9 Å². The van der Waals surface area contributed by atoms with Gasteiger partial charge >= 0.3 is 0 Å². The summed E-state index contributed by atoms with van der Waals surface area (Å²) in [6.07, 6.45) is 3.74. The highest BCUT2D eigenvalue weighted by atomic mass is 79.9. The molecule has 2 rings (SSSR count). The molecule has 0 aliphatic carbocycles. The number of nitrogens with zero attached hydrogens (tertiary/aromatic N) is 3. The summed E-state index contributed by atoms with van der Waals surface area (Å²) < 4.78 is 2.91. The Hall–Kier alpha value is -1.20. The largest absolute Gasteiger partial charge is 0.308 e. The first-order valence-electron chi connectivity index (χ1n) is 7.21. The van der Waals surface area contributed by atoms with Crippen molar-refractivity contribution in [1.82, 2.24) is 20.1 Å². The zero-order valence-electron chi connectivity index (χ0n) is 13.3. The van der Waals surface area contributed by atoms with Crippen molar-refractivity contribution in [2.75, 3.05) is 0 Å². The fraction of sp³-hybridized carbons (Fsp3) is 0.500. The van der Waals surface area contributed by atoms with Gasteiger partial charge in [-0.2, -0.15) is 5.10 Å². The van der Waals surface area contributed by atoms with Gasteiger partial charge in [0.2, 0.25) is 0 Å². The zero-order valence-corrected chi connectivity index (χ0v) is 14.9. The molecule has 0 aliphatic heterocycles. The summed E-state index contributed by atoms with van der Waals surface area (Å²) in [6.45, 7) is 11.7. The molecular formula is C16H23BrN4. The molecule has 2 aromatic heterocycles. The first kappa shape index (κ1) is 16.2. The predicted octanol–water partition coefficient (Wildman–Crippen LogP) is 4.04. The topological polar surface area (TPSA) is 42.7 Å². The number of pyridine rings is 1. The zero-order chi connectivity index (χ0) is 15.6. The third-order valence-electron chi connectivity index (χ3n) is 3.17. The van der Waals surface area contributed by atoms with Crippen molar-refractivity contribution in [3.63, 3.8) is 0 Å². The quantitative estimate of drug-likeness (QED) is 0.904. The van der Waals surface area contributed by atoms with Crippen molar-refractivity contribution in [3.8, 4) is 5.82 Å². The average molecular weight is 351 g/mol. The van der Waals surface area contributed by atoms with Crippen LogP contribution in [0.1, 0.15) is 51.8 Å². The average Bonchev–Trinajstić information content (AvgIpc) is 2.80. The molecule has 0 amide bonds. The highest BCUT2D eigenvalue weighted by molar-refractivity contribution is 9.10. The lowest BCUT2D eigenvalue weighted by Crippen LogP contribution is -2.35. The normalized spacial score (nSPS) is 12.1. The third kappa shape index (κ3) is 4.14. The Labute approximate surface area is 135 Å². The van der Waals surface area contributed by atoms with Crippen LogP contribution in [0.2, 0.25) is 0 Å². The van der Waals surface area contributed by atoms with Crippen molar-refractivity contribution in [1.29, 1.82) is 0 Å². The highest BCUT2D eigenvalue weighted by Crippen LogP contribution is 2.23. The Bertz CT molecular complexity index is 594. The van der Waals surface area contributed by atoms with Crippen molar-refractivity contribution in [2.24, 2.45) is 0 Å². The van der Waals surface area contributed by atoms with E-state index in [1.807, 2.05) is 23.0 Å². The molecule has 21 heavy (non-hydrogen) atoms. The Morgan fingerprint density at radius 1 is 1.24 bits per heavy atom. The number of aromatic nitrogens is 3. The SMILES string of the molecule is CC(C)c1c(CNC(C)(C)C)cnn1-c1ccc(Br)cn1. The number of halogens is 1. The van der Waals surface area contributed by atoms with Gasteiger partial charge in [0.1, 0.15) is 0 Å². The van der Waals surface area contributed by atoms with Gasteiger partial charge in [0.25, 0.3) is 0 Å². The molecule has 4 nitrogen and oxygen atoms in total. The molecule has 0 bridgehead atoms. The smallest absolute Gasteiger partial charge is 0.153 e. The minimum absolute atomic E-state index is 0.0895. The van der Waals surface area contributed by atoms with Gasteiger partial charge in [-0.25, -0.2) is 9.67 Å². The Kier molecular flexibility index (Phi) is 4.84. The molecule has 0 saturated carbocycles. The second-order valence-electron chi connectivity index (χ2n) is 6.56. The summed E-state index contributed by atoms with van der Waals surface area (Å²) in [5.74, 6) is 1.23. The summed E-state index contributed by atoms with van der Waals surface area (Å²) in [6, 6.07) is 3.96. The van der Waals surface area contributed by atoms with E-state index in [-0.39, 0.29) is 5.54 Å². The van der Waals surface area contributed by atoms with E-state index in [0.29, 0.717) is 5.92 Å². The highest BCUT2D eigenvalue weighted by Gasteiger charge is 2.18. The minimum atomic E-state index is 0.0895. The molecule has 0 aromatic carbocycles. The molecule has 2 aromatic rings. The van der Waals surface area contributed by atoms with Crippen LogP contribution in [0.3, 0.4) is 0 Å². The van der Waals surface area contributed by atoms with E-state index in [0.717, 1.165) is 16.8 Å². The van der Waals surface area contributed by atoms with E-state index in [9.17, 15) is 0 Å². The predicted molar refractivity (Wildman–Crippen MR) is 89.7 cm³/mol. The van der Waals surface area contributed by atoms with Gasteiger partial charge in [-0.05, 0) is 54.8 Å². The summed E-state index contributed by atoms with van der Waals surface area (Å²) >= 11 is 3.42. The number of hydrogen-bond acceptors (Lipinski definition) is 3. The molecule has 0 atom stereocenters. The lowest BCUT2D eigenvalue weighted by molar-refractivity contribution is 0.423. The molecule has 0 saturated heterocycles. The lowest BCUT2D eigenvalue weighted by atomic mass is 10.0. The fourth-order valence-electron chi connectivity index (χ4n) is 2.18. The Balaban J connectivity index is 2.35. The number of hydrogen-bond donors (Lipinski definition) is 1. The molecule has 5 heteroatoms. The van der Waals surface area contributed by atoms with Crippen molar-refractivity contribution in [3.05, 3.63) is 40.3 Å². The monoisotopic (exact) mass is 350 g/mol. The Morgan fingerprint density at radius 2 is 1.95 bits per heavy atom. The lowest BCUT2D eigenvalue weighted by Gasteiger charge is -2.21. The van der Waals surface area contributed by atoms with Crippen LogP contribution in [0, 0.1) is 0 Å². The van der Waals surface area contributed by atoms with Gasteiger partial charge in [-0.15, -0.1) is 0 Å². The number of rotatable bonds is 4. The van der Waals surface area contributed by atoms with E-state index in [2.05, 4.69) is 65.9 Å². The van der Waals surface area contributed by atoms with Crippen LogP contribution in [-0.4, -0.2) is 20.3 Å². The molecule has 0 spiro atoms. The van der Waals surface area contributed by atoms with Crippen LogP contribution in [0.15, 0.2) is 29.0 Å². The summed E-state index contributed by atoms with van der Waals surface area (Å²) in [7, 11) is 0. The van der Waals surface area contributed by atoms with E-state index in [4.69, 9.17) is 0 Å². The van der Waals surface area contributed by atoms with Crippen LogP contribution >= 0.6 is 15.9 Å². The summed E-state index contributed by atoms with van der Waals surface area (Å²) in [5, 5.41) is 8.06. The van der Waals surface area contributed by atoms with Gasteiger partial charge in [0.15, 0.2) is 5.82 Å². The second-order valence-corrected chi connectivity index (χ2v) is 7.48. The molecule has 0 radical (unpaired) electrons. The molecule has 0 aliphatic rings. The van der Waals surface area contributed by atoms with Gasteiger partial charge < -0.3 is 5.32 Å². The first-order chi connectivity index (χ1) is 9.78. The summed E-state index contributed by atoms with van der Waals surface area (Å²) in [4.78, 5) is 4.45. The molecule has 2 heterocycles. The van der Waals surface area contributed by atoms with Crippen molar-refractivity contribution < 1.29 is 0 Å². The molecule has 0 fully saturated rings. The van der Waals surface area contributed by atoms with Crippen LogP contribution < -0.4 is 5.32 Å². The third-order valence-corrected chi connectivity index (χ3v) is 3.64. The van der Waals surface area contributed by atoms with E-state index in [1.54, 1.807) is 6.20 Å². The fourth-order valence-corrected chi connectivity index (χ4v) is 2.41. The molecule has 0 unspecified atom stereocenters. The maximum Gasteiger partial charge on any atom is 0.153 e. The maximum absolute atomic E-state index is 4.54. The van der Waals surface area contributed by atoms with Gasteiger partial charge in [-0.3, -0.25) is 0 Å². The van der Waals surface area contributed by atoms with E-state index < -0.39 is 0 Å². The van der Waals surface area contributed by atoms with Crippen LogP contribution in [0.5, 0.6) is 0 Å². The maximum atomic E-state index is 4.54. The van der Waals surface area contributed by atoms with Crippen LogP contribution in [-0.2, 0) is 6.54 Å². The van der Waals surface area contributed by atoms with Gasteiger partial charge in [-0.1, -0.05) is 13.8 Å². The number of nitrogens with one attached hydrogen (secondary N) is 1. The minimum Gasteiger partial charge on any atom is -0.308 e.